The van der Waals surface area contributed by atoms with Gasteiger partial charge in [0.2, 0.25) is 0 Å². The van der Waals surface area contributed by atoms with Crippen LogP contribution in [-0.2, 0) is 10.4 Å². The summed E-state index contributed by atoms with van der Waals surface area (Å²) in [7, 11) is 0. The van der Waals surface area contributed by atoms with Crippen molar-refractivity contribution in [3.63, 3.8) is 0 Å². The van der Waals surface area contributed by atoms with Crippen LogP contribution in [0.15, 0.2) is 54.6 Å². The number of aromatic nitrogens is 2. The number of benzene rings is 1. The second-order valence-corrected chi connectivity index (χ2v) is 9.88. The zero-order valence-electron chi connectivity index (χ0n) is 17.7. The largest absolute Gasteiger partial charge is 0.389 e. The quantitative estimate of drug-likeness (QED) is 0.314. The van der Waals surface area contributed by atoms with Crippen LogP contribution in [0.4, 0.5) is 20.4 Å². The van der Waals surface area contributed by atoms with Gasteiger partial charge in [0, 0.05) is 37.3 Å². The molecule has 0 aliphatic carbocycles. The summed E-state index contributed by atoms with van der Waals surface area (Å²) in [5.74, 6) is 1.41. The molecule has 0 bridgehead atoms. The molecule has 3 aromatic rings. The van der Waals surface area contributed by atoms with Crippen molar-refractivity contribution in [1.29, 1.82) is 0 Å². The van der Waals surface area contributed by atoms with Crippen LogP contribution in [0.5, 0.6) is 0 Å². The first kappa shape index (κ1) is 22.7. The van der Waals surface area contributed by atoms with Gasteiger partial charge < -0.3 is 15.3 Å². The number of aliphatic hydroxyl groups is 1. The summed E-state index contributed by atoms with van der Waals surface area (Å²) in [4.78, 5) is 11.2. The number of nitrogens with zero attached hydrogens (tertiary/aromatic N) is 3. The number of nitrogens with one attached hydrogen (secondary N) is 1. The summed E-state index contributed by atoms with van der Waals surface area (Å²) < 4.78 is 29.8. The molecule has 0 spiro atoms. The number of rotatable bonds is 8. The third kappa shape index (κ3) is 4.96. The minimum atomic E-state index is -2.95. The third-order valence-corrected chi connectivity index (χ3v) is 6.97. The van der Waals surface area contributed by atoms with Gasteiger partial charge in [-0.3, -0.25) is 0 Å². The van der Waals surface area contributed by atoms with Gasteiger partial charge in [0.25, 0.3) is 0 Å². The lowest BCUT2D eigenvalue weighted by molar-refractivity contribution is 0.127. The van der Waals surface area contributed by atoms with Gasteiger partial charge in [-0.25, -0.2) is 9.97 Å². The van der Waals surface area contributed by atoms with E-state index in [1.165, 1.54) is 6.07 Å². The molecule has 168 valence electrons. The summed E-state index contributed by atoms with van der Waals surface area (Å²) in [5, 5.41) is 12.7. The van der Waals surface area contributed by atoms with E-state index in [9.17, 15) is 13.9 Å². The Morgan fingerprint density at radius 2 is 1.91 bits per heavy atom. The van der Waals surface area contributed by atoms with E-state index in [1.54, 1.807) is 6.07 Å². The van der Waals surface area contributed by atoms with E-state index in [2.05, 4.69) is 19.8 Å². The molecule has 5 nitrogen and oxygen atoms in total. The van der Waals surface area contributed by atoms with Crippen molar-refractivity contribution >= 4 is 36.9 Å². The van der Waals surface area contributed by atoms with Crippen molar-refractivity contribution in [3.05, 3.63) is 71.4 Å². The molecule has 1 aliphatic heterocycles. The second-order valence-electron chi connectivity index (χ2n) is 7.76. The first-order chi connectivity index (χ1) is 15.4. The van der Waals surface area contributed by atoms with Crippen LogP contribution < -0.4 is 10.2 Å². The number of hydrogen-bond donors (Lipinski definition) is 2. The van der Waals surface area contributed by atoms with Crippen LogP contribution in [0.3, 0.4) is 0 Å². The van der Waals surface area contributed by atoms with Crippen molar-refractivity contribution in [1.82, 2.24) is 9.97 Å². The molecule has 32 heavy (non-hydrogen) atoms. The zero-order valence-corrected chi connectivity index (χ0v) is 19.9. The van der Waals surface area contributed by atoms with Crippen molar-refractivity contribution in [2.75, 3.05) is 29.9 Å². The molecule has 0 atom stereocenters. The molecule has 1 fully saturated rings. The Labute approximate surface area is 196 Å². The number of hydrogen-bond acceptors (Lipinski definition) is 5. The van der Waals surface area contributed by atoms with E-state index in [-0.39, 0.29) is 11.7 Å². The van der Waals surface area contributed by atoms with Gasteiger partial charge >= 0.3 is 3.93 Å². The Kier molecular flexibility index (Phi) is 6.80. The van der Waals surface area contributed by atoms with Gasteiger partial charge in [0.1, 0.15) is 11.6 Å². The first-order valence-corrected chi connectivity index (χ1v) is 13.0. The lowest BCUT2D eigenvalue weighted by atomic mass is 10.0. The summed E-state index contributed by atoms with van der Waals surface area (Å²) >= 11 is -1.57. The molecule has 3 heterocycles. The van der Waals surface area contributed by atoms with Gasteiger partial charge in [-0.05, 0) is 57.5 Å². The topological polar surface area (TPSA) is 61.3 Å². The standard InChI is InChI=1S/C24H25F2IN4O/c1-16-6-3-4-8-19(16)23-20(24(25,26)27-2)10-11-21(30-23)28-13-12-17-7-5-9-22(29-17)31-14-18(32)15-31/h3-11,18,32H,2,12-15H2,1H3,(H,28,30). The number of anilines is 2. The smallest absolute Gasteiger partial charge is 0.318 e. The predicted octanol–water partition coefficient (Wildman–Crippen LogP) is 4.74. The highest BCUT2D eigenvalue weighted by Crippen LogP contribution is 2.43. The molecule has 0 saturated carbocycles. The van der Waals surface area contributed by atoms with E-state index < -0.39 is 24.7 Å². The first-order valence-electron chi connectivity index (χ1n) is 10.3. The summed E-state index contributed by atoms with van der Waals surface area (Å²) in [6.07, 6.45) is 0.380. The SMILES string of the molecule is C=IC(F)(F)c1ccc(NCCc2cccc(N3CC(O)C3)n2)nc1-c1ccccc1C. The molecule has 0 radical (unpaired) electrons. The van der Waals surface area contributed by atoms with Crippen LogP contribution >= 0.6 is 20.7 Å². The average Bonchev–Trinajstić information content (AvgIpc) is 2.77. The normalized spacial score (nSPS) is 14.3. The van der Waals surface area contributed by atoms with E-state index in [4.69, 9.17) is 0 Å². The molecular weight excluding hydrogens is 525 g/mol. The number of aliphatic hydroxyl groups excluding tert-OH is 1. The highest BCUT2D eigenvalue weighted by atomic mass is 127. The molecule has 1 aromatic carbocycles. The van der Waals surface area contributed by atoms with Crippen molar-refractivity contribution in [2.45, 2.75) is 23.4 Å². The van der Waals surface area contributed by atoms with Gasteiger partial charge in [-0.2, -0.15) is 8.78 Å². The highest BCUT2D eigenvalue weighted by Gasteiger charge is 2.32. The Morgan fingerprint density at radius 3 is 2.62 bits per heavy atom. The van der Waals surface area contributed by atoms with Gasteiger partial charge in [-0.1, -0.05) is 34.8 Å². The predicted molar refractivity (Wildman–Crippen MR) is 134 cm³/mol. The van der Waals surface area contributed by atoms with E-state index in [1.807, 2.05) is 54.3 Å². The fraction of sp³-hybridized carbons (Fsp3) is 0.292. The van der Waals surface area contributed by atoms with Crippen molar-refractivity contribution in [2.24, 2.45) is 0 Å². The maximum Gasteiger partial charge on any atom is 0.318 e. The molecule has 4 rings (SSSR count). The minimum Gasteiger partial charge on any atom is -0.389 e. The molecule has 8 heteroatoms. The van der Waals surface area contributed by atoms with Crippen LogP contribution in [0, 0.1) is 6.92 Å². The van der Waals surface area contributed by atoms with E-state index in [0.717, 1.165) is 17.1 Å². The maximum atomic E-state index is 14.6. The summed E-state index contributed by atoms with van der Waals surface area (Å²) in [6, 6.07) is 16.4. The Bertz CT molecular complexity index is 1120. The summed E-state index contributed by atoms with van der Waals surface area (Å²) in [6.45, 7) is 3.67. The molecule has 0 unspecified atom stereocenters. The molecule has 2 N–H and O–H groups in total. The van der Waals surface area contributed by atoms with Crippen LogP contribution in [0.1, 0.15) is 16.8 Å². The molecule has 2 aromatic heterocycles. The number of aryl methyl sites for hydroxylation is 1. The van der Waals surface area contributed by atoms with Gasteiger partial charge in [0.05, 0.1) is 17.4 Å². The monoisotopic (exact) mass is 550 g/mol. The van der Waals surface area contributed by atoms with E-state index >= 15 is 0 Å². The molecular formula is C24H25F2IN4O. The van der Waals surface area contributed by atoms with Gasteiger partial charge in [0.15, 0.2) is 0 Å². The molecule has 1 saturated heterocycles. The van der Waals surface area contributed by atoms with Gasteiger partial charge in [-0.15, -0.1) is 0 Å². The third-order valence-electron chi connectivity index (χ3n) is 5.43. The Morgan fingerprint density at radius 1 is 1.12 bits per heavy atom. The molecule has 0 amide bonds. The van der Waals surface area contributed by atoms with E-state index in [0.29, 0.717) is 43.1 Å². The maximum absolute atomic E-state index is 14.6. The number of β-amino-alcohol motifs (C(OH)–C–C–N with tert-alkyl or cyclic N) is 1. The van der Waals surface area contributed by atoms with Crippen molar-refractivity contribution < 1.29 is 13.9 Å². The highest BCUT2D eigenvalue weighted by molar-refractivity contribution is 14.2. The second kappa shape index (κ2) is 9.58. The van der Waals surface area contributed by atoms with Crippen LogP contribution in [0.2, 0.25) is 0 Å². The average molecular weight is 550 g/mol. The van der Waals surface area contributed by atoms with Crippen LogP contribution in [0.25, 0.3) is 11.3 Å². The molecule has 1 aliphatic rings. The lowest BCUT2D eigenvalue weighted by Crippen LogP contribution is -2.51. The minimum absolute atomic E-state index is 0.0637. The fourth-order valence-corrected chi connectivity index (χ4v) is 4.49. The van der Waals surface area contributed by atoms with Crippen molar-refractivity contribution in [3.8, 4) is 11.3 Å². The number of halogens is 3. The summed E-state index contributed by atoms with van der Waals surface area (Å²) in [5.41, 5.74) is 2.76. The fourth-order valence-electron chi connectivity index (χ4n) is 3.65. The number of pyridine rings is 2. The number of alkyl halides is 3. The Balaban J connectivity index is 1.51. The lowest BCUT2D eigenvalue weighted by Gasteiger charge is -2.36. The van der Waals surface area contributed by atoms with Crippen LogP contribution in [-0.4, -0.2) is 45.3 Å². The Hall–Kier alpha value is -2.46. The zero-order chi connectivity index (χ0) is 22.7.